The summed E-state index contributed by atoms with van der Waals surface area (Å²) in [4.78, 5) is 0. The van der Waals surface area contributed by atoms with Gasteiger partial charge in [-0.25, -0.2) is 0 Å². The number of hydrogen-bond donors (Lipinski definition) is 2. The molecule has 0 bridgehead atoms. The quantitative estimate of drug-likeness (QED) is 0.842. The molecule has 3 heteroatoms. The molecule has 0 heterocycles. The van der Waals surface area contributed by atoms with Crippen LogP contribution in [0.15, 0.2) is 28.7 Å². The average Bonchev–Trinajstić information content (AvgIpc) is 2.31. The topological polar surface area (TPSA) is 32.3 Å². The van der Waals surface area contributed by atoms with Crippen molar-refractivity contribution in [3.63, 3.8) is 0 Å². The van der Waals surface area contributed by atoms with Crippen LogP contribution in [0.1, 0.15) is 32.3 Å². The van der Waals surface area contributed by atoms with Gasteiger partial charge in [0.05, 0.1) is 12.1 Å². The van der Waals surface area contributed by atoms with Crippen molar-refractivity contribution in [1.82, 2.24) is 5.32 Å². The van der Waals surface area contributed by atoms with Crippen LogP contribution in [-0.4, -0.2) is 18.3 Å². The fourth-order valence-corrected chi connectivity index (χ4v) is 2.24. The third kappa shape index (κ3) is 3.06. The Morgan fingerprint density at radius 3 is 2.62 bits per heavy atom. The molecule has 0 aliphatic rings. The van der Waals surface area contributed by atoms with Crippen molar-refractivity contribution < 1.29 is 5.11 Å². The third-order valence-electron chi connectivity index (χ3n) is 2.96. The van der Waals surface area contributed by atoms with E-state index >= 15 is 0 Å². The Labute approximate surface area is 106 Å². The Morgan fingerprint density at radius 2 is 2.12 bits per heavy atom. The SMILES string of the molecule is CCCNC(CC)(CO)c1cccc(Br)c1. The van der Waals surface area contributed by atoms with Crippen LogP contribution in [0.4, 0.5) is 0 Å². The van der Waals surface area contributed by atoms with Gasteiger partial charge in [-0.1, -0.05) is 41.9 Å². The van der Waals surface area contributed by atoms with E-state index in [1.54, 1.807) is 0 Å². The summed E-state index contributed by atoms with van der Waals surface area (Å²) < 4.78 is 1.05. The monoisotopic (exact) mass is 285 g/mol. The number of aliphatic hydroxyl groups excluding tert-OH is 1. The first-order valence-electron chi connectivity index (χ1n) is 5.80. The van der Waals surface area contributed by atoms with Crippen LogP contribution in [-0.2, 0) is 5.54 Å². The lowest BCUT2D eigenvalue weighted by atomic mass is 9.88. The Balaban J connectivity index is 2.99. The van der Waals surface area contributed by atoms with Crippen LogP contribution >= 0.6 is 15.9 Å². The highest BCUT2D eigenvalue weighted by atomic mass is 79.9. The molecule has 0 aliphatic heterocycles. The van der Waals surface area contributed by atoms with Crippen LogP contribution in [0.5, 0.6) is 0 Å². The molecule has 16 heavy (non-hydrogen) atoms. The molecule has 0 spiro atoms. The second-order valence-corrected chi connectivity index (χ2v) is 4.95. The van der Waals surface area contributed by atoms with Gasteiger partial charge in [-0.05, 0) is 37.1 Å². The highest BCUT2D eigenvalue weighted by Gasteiger charge is 2.28. The Morgan fingerprint density at radius 1 is 1.38 bits per heavy atom. The first kappa shape index (κ1) is 13.7. The maximum atomic E-state index is 9.67. The van der Waals surface area contributed by atoms with E-state index in [9.17, 15) is 5.11 Å². The highest BCUT2D eigenvalue weighted by Crippen LogP contribution is 2.26. The molecular weight excluding hydrogens is 266 g/mol. The van der Waals surface area contributed by atoms with Gasteiger partial charge < -0.3 is 10.4 Å². The normalized spacial score (nSPS) is 14.8. The zero-order valence-corrected chi connectivity index (χ0v) is 11.5. The van der Waals surface area contributed by atoms with Crippen molar-refractivity contribution in [2.24, 2.45) is 0 Å². The lowest BCUT2D eigenvalue weighted by molar-refractivity contribution is 0.155. The van der Waals surface area contributed by atoms with Crippen molar-refractivity contribution in [1.29, 1.82) is 0 Å². The molecule has 2 nitrogen and oxygen atoms in total. The molecule has 1 aromatic carbocycles. The van der Waals surface area contributed by atoms with Crippen LogP contribution in [0.3, 0.4) is 0 Å². The van der Waals surface area contributed by atoms with Gasteiger partial charge in [-0.3, -0.25) is 0 Å². The summed E-state index contributed by atoms with van der Waals surface area (Å²) in [5.74, 6) is 0. The zero-order chi connectivity index (χ0) is 12.0. The molecule has 90 valence electrons. The first-order chi connectivity index (χ1) is 7.68. The largest absolute Gasteiger partial charge is 0.394 e. The van der Waals surface area contributed by atoms with E-state index in [0.29, 0.717) is 0 Å². The van der Waals surface area contributed by atoms with E-state index in [-0.39, 0.29) is 12.1 Å². The summed E-state index contributed by atoms with van der Waals surface area (Å²) in [7, 11) is 0. The van der Waals surface area contributed by atoms with Crippen LogP contribution < -0.4 is 5.32 Å². The van der Waals surface area contributed by atoms with E-state index in [1.807, 2.05) is 12.1 Å². The first-order valence-corrected chi connectivity index (χ1v) is 6.59. The molecule has 1 rings (SSSR count). The van der Waals surface area contributed by atoms with Crippen molar-refractivity contribution in [3.8, 4) is 0 Å². The van der Waals surface area contributed by atoms with Crippen molar-refractivity contribution >= 4 is 15.9 Å². The molecule has 0 aliphatic carbocycles. The molecule has 0 radical (unpaired) electrons. The van der Waals surface area contributed by atoms with E-state index in [2.05, 4.69) is 47.2 Å². The van der Waals surface area contributed by atoms with E-state index in [4.69, 9.17) is 0 Å². The van der Waals surface area contributed by atoms with Gasteiger partial charge in [-0.15, -0.1) is 0 Å². The smallest absolute Gasteiger partial charge is 0.0666 e. The Kier molecular flexibility index (Phi) is 5.46. The highest BCUT2D eigenvalue weighted by molar-refractivity contribution is 9.10. The number of rotatable bonds is 6. The fourth-order valence-electron chi connectivity index (χ4n) is 1.84. The molecule has 1 atom stereocenters. The Hall–Kier alpha value is -0.380. The summed E-state index contributed by atoms with van der Waals surface area (Å²) in [5, 5.41) is 13.1. The summed E-state index contributed by atoms with van der Waals surface area (Å²) in [5.41, 5.74) is 0.833. The molecule has 0 amide bonds. The van der Waals surface area contributed by atoms with Crippen LogP contribution in [0, 0.1) is 0 Å². The van der Waals surface area contributed by atoms with E-state index in [0.717, 1.165) is 29.4 Å². The molecule has 0 saturated heterocycles. The molecule has 0 fully saturated rings. The lowest BCUT2D eigenvalue weighted by Crippen LogP contribution is -2.45. The molecular formula is C13H20BrNO. The zero-order valence-electron chi connectivity index (χ0n) is 9.96. The fraction of sp³-hybridized carbons (Fsp3) is 0.538. The number of hydrogen-bond acceptors (Lipinski definition) is 2. The average molecular weight is 286 g/mol. The minimum absolute atomic E-state index is 0.125. The third-order valence-corrected chi connectivity index (χ3v) is 3.46. The minimum atomic E-state index is -0.306. The summed E-state index contributed by atoms with van der Waals surface area (Å²) in [6, 6.07) is 8.14. The minimum Gasteiger partial charge on any atom is -0.394 e. The summed E-state index contributed by atoms with van der Waals surface area (Å²) >= 11 is 3.47. The maximum Gasteiger partial charge on any atom is 0.0666 e. The molecule has 0 aromatic heterocycles. The van der Waals surface area contributed by atoms with Gasteiger partial charge in [0.2, 0.25) is 0 Å². The summed E-state index contributed by atoms with van der Waals surface area (Å²) in [6.07, 6.45) is 1.94. The van der Waals surface area contributed by atoms with E-state index in [1.165, 1.54) is 0 Å². The van der Waals surface area contributed by atoms with Crippen LogP contribution in [0.25, 0.3) is 0 Å². The molecule has 0 saturated carbocycles. The molecule has 1 unspecified atom stereocenters. The van der Waals surface area contributed by atoms with Crippen molar-refractivity contribution in [2.75, 3.05) is 13.2 Å². The Bertz CT molecular complexity index is 323. The van der Waals surface area contributed by atoms with Crippen LogP contribution in [0.2, 0.25) is 0 Å². The van der Waals surface area contributed by atoms with Gasteiger partial charge >= 0.3 is 0 Å². The number of aliphatic hydroxyl groups is 1. The maximum absolute atomic E-state index is 9.67. The second kappa shape index (κ2) is 6.38. The number of halogens is 1. The molecule has 1 aromatic rings. The van der Waals surface area contributed by atoms with Gasteiger partial charge in [0, 0.05) is 4.47 Å². The van der Waals surface area contributed by atoms with Crippen molar-refractivity contribution in [2.45, 2.75) is 32.2 Å². The van der Waals surface area contributed by atoms with Crippen molar-refractivity contribution in [3.05, 3.63) is 34.3 Å². The lowest BCUT2D eigenvalue weighted by Gasteiger charge is -2.33. The predicted octanol–water partition coefficient (Wildman–Crippen LogP) is 3.05. The van der Waals surface area contributed by atoms with Gasteiger partial charge in [0.15, 0.2) is 0 Å². The van der Waals surface area contributed by atoms with Gasteiger partial charge in [0.25, 0.3) is 0 Å². The molecule has 2 N–H and O–H groups in total. The van der Waals surface area contributed by atoms with Gasteiger partial charge in [-0.2, -0.15) is 0 Å². The standard InChI is InChI=1S/C13H20BrNO/c1-3-8-15-13(4-2,10-16)11-6-5-7-12(14)9-11/h5-7,9,15-16H,3-4,8,10H2,1-2H3. The predicted molar refractivity (Wildman–Crippen MR) is 71.5 cm³/mol. The van der Waals surface area contributed by atoms with E-state index < -0.39 is 0 Å². The van der Waals surface area contributed by atoms with Gasteiger partial charge in [0.1, 0.15) is 0 Å². The second-order valence-electron chi connectivity index (χ2n) is 4.03. The number of benzene rings is 1. The summed E-state index contributed by atoms with van der Waals surface area (Å²) in [6.45, 7) is 5.27. The number of nitrogens with one attached hydrogen (secondary N) is 1.